The molecule has 7 nitrogen and oxygen atoms in total. The Morgan fingerprint density at radius 1 is 1.39 bits per heavy atom. The second-order valence-corrected chi connectivity index (χ2v) is 7.82. The number of aryl methyl sites for hydroxylation is 2. The summed E-state index contributed by atoms with van der Waals surface area (Å²) in [6.45, 7) is 4.00. The number of imidazole rings is 1. The molecule has 1 aliphatic heterocycles. The Hall–Kier alpha value is -2.58. The summed E-state index contributed by atoms with van der Waals surface area (Å²) >= 11 is 7.62. The first-order valence-corrected chi connectivity index (χ1v) is 10.1. The summed E-state index contributed by atoms with van der Waals surface area (Å²) in [6.07, 6.45) is 7.52. The van der Waals surface area contributed by atoms with Crippen LogP contribution in [0.5, 0.6) is 0 Å². The number of ether oxygens (including phenoxy) is 2. The standard InChI is InChI=1S/C19H19ClN4O3S/c1-13-9-14(20)10-16-17(13)22-19(28-16)24(5-2-4-23-6-3-21-12-23)18(25)15-11-26-7-8-27-15/h3,6,9-12H,2,4-5,7-8H2,1H3. The Balaban J connectivity index is 1.62. The monoisotopic (exact) mass is 418 g/mol. The van der Waals surface area contributed by atoms with E-state index >= 15 is 0 Å². The fraction of sp³-hybridized carbons (Fsp3) is 0.316. The zero-order chi connectivity index (χ0) is 19.5. The SMILES string of the molecule is Cc1cc(Cl)cc2sc(N(CCCn3ccnc3)C(=O)C3=COCCO3)nc12. The zero-order valence-corrected chi connectivity index (χ0v) is 16.9. The predicted octanol–water partition coefficient (Wildman–Crippen LogP) is 3.77. The topological polar surface area (TPSA) is 69.5 Å². The van der Waals surface area contributed by atoms with Gasteiger partial charge in [0.25, 0.3) is 5.91 Å². The number of aromatic nitrogens is 3. The van der Waals surface area contributed by atoms with Crippen LogP contribution in [0.3, 0.4) is 0 Å². The molecule has 2 aromatic heterocycles. The van der Waals surface area contributed by atoms with Gasteiger partial charge in [-0.1, -0.05) is 22.9 Å². The number of carbonyl (C=O) groups is 1. The highest BCUT2D eigenvalue weighted by Gasteiger charge is 2.26. The smallest absolute Gasteiger partial charge is 0.298 e. The minimum atomic E-state index is -0.256. The molecule has 1 amide bonds. The summed E-state index contributed by atoms with van der Waals surface area (Å²) in [6, 6.07) is 3.75. The number of fused-ring (bicyclic) bond motifs is 1. The van der Waals surface area contributed by atoms with E-state index in [9.17, 15) is 4.79 Å². The Labute approximate surface area is 171 Å². The molecule has 1 aliphatic rings. The fourth-order valence-corrected chi connectivity index (χ4v) is 4.43. The van der Waals surface area contributed by atoms with Crippen molar-refractivity contribution in [2.75, 3.05) is 24.7 Å². The summed E-state index contributed by atoms with van der Waals surface area (Å²) in [7, 11) is 0. The molecule has 28 heavy (non-hydrogen) atoms. The molecule has 3 heterocycles. The maximum atomic E-state index is 13.1. The van der Waals surface area contributed by atoms with E-state index in [-0.39, 0.29) is 11.7 Å². The molecule has 0 saturated heterocycles. The Bertz CT molecular complexity index is 1020. The number of hydrogen-bond acceptors (Lipinski definition) is 6. The van der Waals surface area contributed by atoms with Crippen LogP contribution in [0, 0.1) is 6.92 Å². The van der Waals surface area contributed by atoms with Crippen LogP contribution in [0.15, 0.2) is 42.9 Å². The number of amides is 1. The Kier molecular flexibility index (Phi) is 5.50. The average Bonchev–Trinajstić information content (AvgIpc) is 3.35. The quantitative estimate of drug-likeness (QED) is 0.609. The van der Waals surface area contributed by atoms with Crippen LogP contribution in [0.1, 0.15) is 12.0 Å². The van der Waals surface area contributed by atoms with Gasteiger partial charge in [0.1, 0.15) is 19.5 Å². The van der Waals surface area contributed by atoms with Crippen molar-refractivity contribution in [1.29, 1.82) is 0 Å². The molecule has 0 N–H and O–H groups in total. The number of carbonyl (C=O) groups excluding carboxylic acids is 1. The lowest BCUT2D eigenvalue weighted by molar-refractivity contribution is -0.119. The molecule has 0 fully saturated rings. The van der Waals surface area contributed by atoms with Crippen molar-refractivity contribution in [3.8, 4) is 0 Å². The van der Waals surface area contributed by atoms with Gasteiger partial charge in [0.05, 0.1) is 16.5 Å². The molecule has 4 rings (SSSR count). The lowest BCUT2D eigenvalue weighted by Gasteiger charge is -2.23. The predicted molar refractivity (Wildman–Crippen MR) is 109 cm³/mol. The number of hydrogen-bond donors (Lipinski definition) is 0. The third-order valence-corrected chi connectivity index (χ3v) is 5.58. The molecule has 0 aliphatic carbocycles. The lowest BCUT2D eigenvalue weighted by Crippen LogP contribution is -2.35. The number of benzene rings is 1. The molecule has 0 spiro atoms. The van der Waals surface area contributed by atoms with Gasteiger partial charge in [-0.2, -0.15) is 0 Å². The maximum Gasteiger partial charge on any atom is 0.298 e. The largest absolute Gasteiger partial charge is 0.494 e. The van der Waals surface area contributed by atoms with E-state index in [1.807, 2.05) is 29.8 Å². The summed E-state index contributed by atoms with van der Waals surface area (Å²) in [5, 5.41) is 1.27. The molecule has 146 valence electrons. The highest BCUT2D eigenvalue weighted by Crippen LogP contribution is 2.33. The van der Waals surface area contributed by atoms with Crippen LogP contribution in [0.25, 0.3) is 10.2 Å². The Morgan fingerprint density at radius 2 is 2.29 bits per heavy atom. The van der Waals surface area contributed by atoms with Gasteiger partial charge in [-0.15, -0.1) is 0 Å². The van der Waals surface area contributed by atoms with E-state index in [4.69, 9.17) is 26.1 Å². The Morgan fingerprint density at radius 3 is 3.04 bits per heavy atom. The molecular weight excluding hydrogens is 400 g/mol. The lowest BCUT2D eigenvalue weighted by atomic mass is 10.2. The van der Waals surface area contributed by atoms with E-state index in [1.165, 1.54) is 17.6 Å². The molecule has 0 bridgehead atoms. The van der Waals surface area contributed by atoms with Gasteiger partial charge in [-0.3, -0.25) is 9.69 Å². The molecular formula is C19H19ClN4O3S. The molecule has 3 aromatic rings. The van der Waals surface area contributed by atoms with E-state index in [0.29, 0.717) is 29.9 Å². The summed E-state index contributed by atoms with van der Waals surface area (Å²) in [5.74, 6) is -0.0592. The van der Waals surface area contributed by atoms with Crippen LogP contribution < -0.4 is 4.90 Å². The van der Waals surface area contributed by atoms with Crippen molar-refractivity contribution in [1.82, 2.24) is 14.5 Å². The minimum absolute atomic E-state index is 0.197. The zero-order valence-electron chi connectivity index (χ0n) is 15.3. The summed E-state index contributed by atoms with van der Waals surface area (Å²) < 4.78 is 13.7. The van der Waals surface area contributed by atoms with Crippen molar-refractivity contribution < 1.29 is 14.3 Å². The molecule has 1 aromatic carbocycles. The van der Waals surface area contributed by atoms with Crippen molar-refractivity contribution >= 4 is 44.2 Å². The third-order valence-electron chi connectivity index (χ3n) is 4.33. The van der Waals surface area contributed by atoms with Crippen molar-refractivity contribution in [3.05, 3.63) is 53.5 Å². The molecule has 0 unspecified atom stereocenters. The fourth-order valence-electron chi connectivity index (χ4n) is 2.99. The minimum Gasteiger partial charge on any atom is -0.494 e. The first kappa shape index (κ1) is 18.8. The van der Waals surface area contributed by atoms with Gasteiger partial charge in [-0.05, 0) is 31.0 Å². The van der Waals surface area contributed by atoms with Crippen LogP contribution in [-0.4, -0.2) is 40.2 Å². The second-order valence-electron chi connectivity index (χ2n) is 6.38. The number of nitrogens with zero attached hydrogens (tertiary/aromatic N) is 4. The average molecular weight is 419 g/mol. The van der Waals surface area contributed by atoms with E-state index < -0.39 is 0 Å². The van der Waals surface area contributed by atoms with E-state index in [2.05, 4.69) is 4.98 Å². The number of rotatable bonds is 6. The molecule has 0 saturated carbocycles. The van der Waals surface area contributed by atoms with Crippen LogP contribution in [0.4, 0.5) is 5.13 Å². The normalized spacial score (nSPS) is 13.7. The first-order valence-electron chi connectivity index (χ1n) is 8.90. The van der Waals surface area contributed by atoms with Gasteiger partial charge in [0.2, 0.25) is 5.76 Å². The number of thiazole rings is 1. The van der Waals surface area contributed by atoms with Crippen molar-refractivity contribution in [2.24, 2.45) is 0 Å². The number of halogens is 1. The van der Waals surface area contributed by atoms with Gasteiger partial charge in [0.15, 0.2) is 5.13 Å². The van der Waals surface area contributed by atoms with Crippen molar-refractivity contribution in [2.45, 2.75) is 19.9 Å². The van der Waals surface area contributed by atoms with Gasteiger partial charge >= 0.3 is 0 Å². The molecule has 9 heteroatoms. The highest BCUT2D eigenvalue weighted by molar-refractivity contribution is 7.22. The van der Waals surface area contributed by atoms with Crippen LogP contribution in [-0.2, 0) is 20.8 Å². The van der Waals surface area contributed by atoms with Gasteiger partial charge < -0.3 is 14.0 Å². The highest BCUT2D eigenvalue weighted by atomic mass is 35.5. The van der Waals surface area contributed by atoms with Crippen molar-refractivity contribution in [3.63, 3.8) is 0 Å². The first-order chi connectivity index (χ1) is 13.6. The van der Waals surface area contributed by atoms with Gasteiger partial charge in [0, 0.05) is 30.5 Å². The second kappa shape index (κ2) is 8.20. The molecule has 0 atom stereocenters. The molecule has 0 radical (unpaired) electrons. The number of anilines is 1. The summed E-state index contributed by atoms with van der Waals surface area (Å²) in [4.78, 5) is 23.5. The van der Waals surface area contributed by atoms with Crippen LogP contribution >= 0.6 is 22.9 Å². The van der Waals surface area contributed by atoms with E-state index in [1.54, 1.807) is 17.4 Å². The van der Waals surface area contributed by atoms with Crippen LogP contribution in [0.2, 0.25) is 5.02 Å². The van der Waals surface area contributed by atoms with E-state index in [0.717, 1.165) is 28.7 Å². The third kappa shape index (κ3) is 3.98. The maximum absolute atomic E-state index is 13.1. The summed E-state index contributed by atoms with van der Waals surface area (Å²) in [5.41, 5.74) is 1.83. The van der Waals surface area contributed by atoms with Gasteiger partial charge in [-0.25, -0.2) is 9.97 Å².